The Bertz CT molecular complexity index is 1200. The molecule has 0 bridgehead atoms. The zero-order valence-electron chi connectivity index (χ0n) is 17.7. The third kappa shape index (κ3) is 4.54. The first-order valence-electron chi connectivity index (χ1n) is 10.3. The fraction of sp³-hybridized carbons (Fsp3) is 0.160. The number of carbonyl (C=O) groups is 3. The number of aromatic carboxylic acids is 1. The fourth-order valence-electron chi connectivity index (χ4n) is 3.97. The van der Waals surface area contributed by atoms with Gasteiger partial charge in [0, 0.05) is 5.92 Å². The van der Waals surface area contributed by atoms with E-state index in [1.54, 1.807) is 0 Å². The van der Waals surface area contributed by atoms with E-state index < -0.39 is 24.0 Å². The van der Waals surface area contributed by atoms with Crippen LogP contribution in [0, 0.1) is 0 Å². The fourth-order valence-corrected chi connectivity index (χ4v) is 4.22. The maximum absolute atomic E-state index is 12.5. The molecule has 168 valence electrons. The van der Waals surface area contributed by atoms with Crippen LogP contribution in [0.3, 0.4) is 0 Å². The van der Waals surface area contributed by atoms with E-state index in [2.05, 4.69) is 10.6 Å². The van der Waals surface area contributed by atoms with Crippen LogP contribution in [-0.2, 0) is 9.53 Å². The van der Waals surface area contributed by atoms with E-state index in [-0.39, 0.29) is 28.8 Å². The minimum atomic E-state index is -1.27. The second kappa shape index (κ2) is 9.34. The number of rotatable bonds is 6. The van der Waals surface area contributed by atoms with Crippen molar-refractivity contribution in [2.75, 3.05) is 11.9 Å². The van der Waals surface area contributed by atoms with Gasteiger partial charge in [0.1, 0.15) is 18.2 Å². The van der Waals surface area contributed by atoms with Gasteiger partial charge in [-0.2, -0.15) is 0 Å². The third-order valence-electron chi connectivity index (χ3n) is 5.56. The molecule has 0 fully saturated rings. The second-order valence-electron chi connectivity index (χ2n) is 7.65. The number of ether oxygens (including phenoxy) is 1. The molecular weight excluding hydrogens is 444 g/mol. The molecule has 1 aliphatic rings. The van der Waals surface area contributed by atoms with Crippen molar-refractivity contribution < 1.29 is 24.2 Å². The van der Waals surface area contributed by atoms with E-state index in [1.165, 1.54) is 25.1 Å². The summed E-state index contributed by atoms with van der Waals surface area (Å²) in [5.41, 5.74) is 4.22. The van der Waals surface area contributed by atoms with E-state index in [0.29, 0.717) is 0 Å². The summed E-state index contributed by atoms with van der Waals surface area (Å²) in [4.78, 5) is 36.3. The van der Waals surface area contributed by atoms with Gasteiger partial charge in [0.2, 0.25) is 5.91 Å². The number of anilines is 1. The molecule has 0 unspecified atom stereocenters. The van der Waals surface area contributed by atoms with Crippen LogP contribution in [0.4, 0.5) is 10.5 Å². The van der Waals surface area contributed by atoms with Gasteiger partial charge in [-0.25, -0.2) is 9.59 Å². The van der Waals surface area contributed by atoms with Crippen LogP contribution in [0.2, 0.25) is 5.02 Å². The van der Waals surface area contributed by atoms with Crippen molar-refractivity contribution in [3.05, 3.63) is 88.4 Å². The van der Waals surface area contributed by atoms with E-state index >= 15 is 0 Å². The van der Waals surface area contributed by atoms with Gasteiger partial charge in [-0.1, -0.05) is 66.2 Å². The maximum Gasteiger partial charge on any atom is 0.407 e. The molecule has 7 nitrogen and oxygen atoms in total. The summed E-state index contributed by atoms with van der Waals surface area (Å²) in [6.45, 7) is 1.59. The normalized spacial score (nSPS) is 12.9. The van der Waals surface area contributed by atoms with Crippen molar-refractivity contribution in [3.63, 3.8) is 0 Å². The second-order valence-corrected chi connectivity index (χ2v) is 8.06. The van der Waals surface area contributed by atoms with Crippen LogP contribution in [-0.4, -0.2) is 35.7 Å². The summed E-state index contributed by atoms with van der Waals surface area (Å²) in [5.74, 6) is -1.97. The Balaban J connectivity index is 1.39. The van der Waals surface area contributed by atoms with Crippen LogP contribution in [0.25, 0.3) is 11.1 Å². The van der Waals surface area contributed by atoms with Gasteiger partial charge in [-0.3, -0.25) is 4.79 Å². The molecular formula is C25H21ClN2O5. The van der Waals surface area contributed by atoms with E-state index in [0.717, 1.165) is 22.3 Å². The Hall–Kier alpha value is -3.84. The lowest BCUT2D eigenvalue weighted by Gasteiger charge is -2.18. The number of amides is 2. The van der Waals surface area contributed by atoms with Gasteiger partial charge in [-0.05, 0) is 41.3 Å². The summed E-state index contributed by atoms with van der Waals surface area (Å²) in [7, 11) is 0. The molecule has 0 heterocycles. The van der Waals surface area contributed by atoms with Gasteiger partial charge in [0.25, 0.3) is 0 Å². The number of carbonyl (C=O) groups excluding carboxylic acids is 2. The highest BCUT2D eigenvalue weighted by Crippen LogP contribution is 2.44. The molecule has 4 rings (SSSR count). The predicted molar refractivity (Wildman–Crippen MR) is 125 cm³/mol. The number of fused-ring (bicyclic) bond motifs is 3. The number of nitrogens with one attached hydrogen (secondary N) is 2. The average Bonchev–Trinajstić information content (AvgIpc) is 3.11. The van der Waals surface area contributed by atoms with E-state index in [4.69, 9.17) is 16.3 Å². The minimum Gasteiger partial charge on any atom is -0.478 e. The first-order valence-corrected chi connectivity index (χ1v) is 10.7. The number of hydrogen-bond acceptors (Lipinski definition) is 4. The topological polar surface area (TPSA) is 105 Å². The summed E-state index contributed by atoms with van der Waals surface area (Å²) in [6, 6.07) is 19.4. The molecule has 0 aromatic heterocycles. The minimum absolute atomic E-state index is 0.00236. The Labute approximate surface area is 195 Å². The number of halogens is 1. The van der Waals surface area contributed by atoms with Crippen molar-refractivity contribution in [3.8, 4) is 11.1 Å². The molecule has 0 aliphatic heterocycles. The van der Waals surface area contributed by atoms with Crippen LogP contribution < -0.4 is 10.6 Å². The lowest BCUT2D eigenvalue weighted by atomic mass is 9.98. The average molecular weight is 465 g/mol. The Morgan fingerprint density at radius 3 is 2.18 bits per heavy atom. The summed E-state index contributed by atoms with van der Waals surface area (Å²) < 4.78 is 5.45. The Kier molecular flexibility index (Phi) is 6.33. The van der Waals surface area contributed by atoms with Crippen molar-refractivity contribution in [1.82, 2.24) is 5.32 Å². The Morgan fingerprint density at radius 2 is 1.58 bits per heavy atom. The van der Waals surface area contributed by atoms with Gasteiger partial charge >= 0.3 is 12.1 Å². The summed E-state index contributed by atoms with van der Waals surface area (Å²) in [5, 5.41) is 14.3. The number of carboxylic acids is 1. The zero-order chi connectivity index (χ0) is 23.5. The third-order valence-corrected chi connectivity index (χ3v) is 5.87. The van der Waals surface area contributed by atoms with Crippen molar-refractivity contribution in [1.29, 1.82) is 0 Å². The number of hydrogen-bond donors (Lipinski definition) is 3. The standard InChI is InChI=1S/C25H21ClN2O5/c1-14(23(29)28-21-12-6-11-20(26)22(21)24(30)31)27-25(32)33-13-19-17-9-4-2-7-15(17)16-8-3-5-10-18(16)19/h2-12,14,19H,13H2,1H3,(H,27,32)(H,28,29)(H,30,31)/t14-/m1/s1. The molecule has 0 spiro atoms. The molecule has 0 radical (unpaired) electrons. The van der Waals surface area contributed by atoms with Gasteiger partial charge in [-0.15, -0.1) is 0 Å². The van der Waals surface area contributed by atoms with Crippen molar-refractivity contribution >= 4 is 35.3 Å². The lowest BCUT2D eigenvalue weighted by molar-refractivity contribution is -0.117. The molecule has 1 aliphatic carbocycles. The number of benzene rings is 3. The van der Waals surface area contributed by atoms with Crippen molar-refractivity contribution in [2.24, 2.45) is 0 Å². The highest BCUT2D eigenvalue weighted by molar-refractivity contribution is 6.34. The highest BCUT2D eigenvalue weighted by atomic mass is 35.5. The SMILES string of the molecule is C[C@@H](NC(=O)OCC1c2ccccc2-c2ccccc21)C(=O)Nc1cccc(Cl)c1C(=O)O. The van der Waals surface area contributed by atoms with E-state index in [9.17, 15) is 19.5 Å². The lowest BCUT2D eigenvalue weighted by Crippen LogP contribution is -2.42. The van der Waals surface area contributed by atoms with Crippen molar-refractivity contribution in [2.45, 2.75) is 18.9 Å². The molecule has 3 N–H and O–H groups in total. The van der Waals surface area contributed by atoms with Crippen LogP contribution in [0.15, 0.2) is 66.7 Å². The zero-order valence-corrected chi connectivity index (χ0v) is 18.4. The molecule has 8 heteroatoms. The number of carboxylic acid groups (broad SMARTS) is 1. The van der Waals surface area contributed by atoms with Crippen LogP contribution in [0.5, 0.6) is 0 Å². The van der Waals surface area contributed by atoms with Gasteiger partial charge in [0.15, 0.2) is 0 Å². The molecule has 3 aromatic carbocycles. The smallest absolute Gasteiger partial charge is 0.407 e. The number of alkyl carbamates (subject to hydrolysis) is 1. The molecule has 3 aromatic rings. The van der Waals surface area contributed by atoms with Crippen LogP contribution in [0.1, 0.15) is 34.3 Å². The van der Waals surface area contributed by atoms with Gasteiger partial charge < -0.3 is 20.5 Å². The van der Waals surface area contributed by atoms with E-state index in [1.807, 2.05) is 48.5 Å². The first-order chi connectivity index (χ1) is 15.9. The Morgan fingerprint density at radius 1 is 0.970 bits per heavy atom. The molecule has 2 amide bonds. The monoisotopic (exact) mass is 464 g/mol. The predicted octanol–water partition coefficient (Wildman–Crippen LogP) is 4.90. The highest BCUT2D eigenvalue weighted by Gasteiger charge is 2.29. The molecule has 0 saturated carbocycles. The quantitative estimate of drug-likeness (QED) is 0.481. The van der Waals surface area contributed by atoms with Crippen LogP contribution >= 0.6 is 11.6 Å². The summed E-state index contributed by atoms with van der Waals surface area (Å²) in [6.07, 6.45) is -0.746. The largest absolute Gasteiger partial charge is 0.478 e. The summed E-state index contributed by atoms with van der Waals surface area (Å²) >= 11 is 5.93. The van der Waals surface area contributed by atoms with Gasteiger partial charge in [0.05, 0.1) is 10.7 Å². The first kappa shape index (κ1) is 22.4. The molecule has 1 atom stereocenters. The molecule has 33 heavy (non-hydrogen) atoms. The maximum atomic E-state index is 12.5. The molecule has 0 saturated heterocycles.